The van der Waals surface area contributed by atoms with Crippen LogP contribution in [0.15, 0.2) is 167 Å². The van der Waals surface area contributed by atoms with Gasteiger partial charge >= 0.3 is 18.3 Å². The van der Waals surface area contributed by atoms with Crippen LogP contribution in [-0.4, -0.2) is 85.7 Å². The van der Waals surface area contributed by atoms with Crippen molar-refractivity contribution < 1.29 is 43.0 Å². The third-order valence-corrected chi connectivity index (χ3v) is 24.1. The Kier molecular flexibility index (Phi) is 32.8. The molecule has 0 unspecified atom stereocenters. The molecule has 672 valence electrons. The van der Waals surface area contributed by atoms with Crippen molar-refractivity contribution >= 4 is 191 Å². The van der Waals surface area contributed by atoms with Crippen LogP contribution in [0.3, 0.4) is 0 Å². The van der Waals surface area contributed by atoms with Gasteiger partial charge in [0.15, 0.2) is 11.6 Å². The van der Waals surface area contributed by atoms with Gasteiger partial charge in [0.05, 0.1) is 71.9 Å². The van der Waals surface area contributed by atoms with Crippen LogP contribution in [0.1, 0.15) is 237 Å². The van der Waals surface area contributed by atoms with Gasteiger partial charge < -0.3 is 30.2 Å². The Bertz CT molecular complexity index is 5770. The van der Waals surface area contributed by atoms with Gasteiger partial charge in [0.1, 0.15) is 23.3 Å². The van der Waals surface area contributed by atoms with Crippen LogP contribution in [0.4, 0.5) is 49.3 Å². The Morgan fingerprint density at radius 2 is 0.528 bits per heavy atom. The minimum Gasteiger partial charge on any atom is -0.450 e. The van der Waals surface area contributed by atoms with Gasteiger partial charge in [-0.3, -0.25) is 30.3 Å². The SMILES string of the molecule is CC(C)(C)c1ccc2cc(Br)c(NC(=O)C3CCC3)nc2c1.CC(C)(C)c1ccc2cc(Cl)c(NC(=O)C3CCC3)nc2c1.CC(C)(C)c1ccc2ccc(NC(=O)C3CCC3)nc2c1.CCOC(=O)Nc1ccc2ccc(C(C)(C)C)cc2n1.CCOC(=O)Nc1nc2cc(C(C)(C)C)ccc2cc1Br.CCOC(=O)Nc1nc2cc(C(C)(C)C)ccc2cc1Cl. The standard InChI is InChI=1S/C18H21BrN2O.C18H21ClN2O.C18H22N2O.C16H19BrN2O2.C16H19ClN2O2.C16H20N2O2/c2*1-18(2,3)13-8-7-12-9-14(19)16(20-15(12)10-13)21-17(22)11-5-4-6-11;1-18(2,3)14-9-7-12-8-10-16(19-15(12)11-14)20-17(21)13-5-4-6-13;2*1-5-21-15(20)19-14-12(17)8-10-6-7-11(16(2,3)4)9-13(10)18-14;1-5-20-15(19)18-14-9-7-11-6-8-12(16(2,3)4)10-13(11)17-14/h2*7-11H,4-6H2,1-3H3,(H,20,21,22);7-11,13H,4-6H2,1-3H3,(H,19,20,21);2*6-9H,5H2,1-4H3,(H,18,19,20);6-10H,5H2,1-4H3,(H,17,18,19). The van der Waals surface area contributed by atoms with Gasteiger partial charge in [-0.25, -0.2) is 44.3 Å². The topological polar surface area (TPSA) is 280 Å². The first-order valence-electron chi connectivity index (χ1n) is 43.6. The van der Waals surface area contributed by atoms with Crippen molar-refractivity contribution in [1.82, 2.24) is 29.9 Å². The van der Waals surface area contributed by atoms with E-state index in [1.54, 1.807) is 32.9 Å². The number of halogens is 4. The number of amides is 6. The third-order valence-electron chi connectivity index (χ3n) is 22.3. The number of nitrogens with zero attached hydrogens (tertiary/aromatic N) is 6. The fourth-order valence-corrected chi connectivity index (χ4v) is 14.8. The molecular formula is C102H122Br2Cl2N12O9. The Hall–Kier alpha value is -10.5. The maximum Gasteiger partial charge on any atom is 0.412 e. The molecule has 3 saturated carbocycles. The number of carbonyl (C=O) groups excluding carboxylic acids is 6. The van der Waals surface area contributed by atoms with Crippen molar-refractivity contribution in [2.45, 2.75) is 236 Å². The molecule has 21 nitrogen and oxygen atoms in total. The van der Waals surface area contributed by atoms with E-state index in [1.165, 1.54) is 33.4 Å². The van der Waals surface area contributed by atoms with E-state index in [9.17, 15) is 28.8 Å². The maximum atomic E-state index is 12.1. The number of hydrogen-bond donors (Lipinski definition) is 6. The maximum absolute atomic E-state index is 12.1. The quantitative estimate of drug-likeness (QED) is 0.0620. The van der Waals surface area contributed by atoms with Gasteiger partial charge in [-0.1, -0.05) is 240 Å². The van der Waals surface area contributed by atoms with E-state index < -0.39 is 18.3 Å². The van der Waals surface area contributed by atoms with E-state index in [4.69, 9.17) is 37.4 Å². The molecule has 6 amide bonds. The highest BCUT2D eigenvalue weighted by Gasteiger charge is 2.30. The molecule has 127 heavy (non-hydrogen) atoms. The molecular weight excluding hydrogens is 1770 g/mol. The highest BCUT2D eigenvalue weighted by atomic mass is 79.9. The molecule has 25 heteroatoms. The molecule has 0 bridgehead atoms. The summed E-state index contributed by atoms with van der Waals surface area (Å²) >= 11 is 19.3. The highest BCUT2D eigenvalue weighted by molar-refractivity contribution is 9.11. The summed E-state index contributed by atoms with van der Waals surface area (Å²) in [4.78, 5) is 97.9. The Morgan fingerprint density at radius 3 is 0.819 bits per heavy atom. The number of rotatable bonds is 12. The first-order chi connectivity index (χ1) is 59.6. The average molecular weight is 1890 g/mol. The summed E-state index contributed by atoms with van der Waals surface area (Å²) in [5.74, 6) is 3.72. The molecule has 3 aliphatic carbocycles. The summed E-state index contributed by atoms with van der Waals surface area (Å²) in [6.45, 7) is 45.3. The molecule has 0 radical (unpaired) electrons. The Balaban J connectivity index is 0.000000159. The van der Waals surface area contributed by atoms with Crippen molar-refractivity contribution in [2.24, 2.45) is 17.8 Å². The molecule has 0 saturated heterocycles. The zero-order valence-corrected chi connectivity index (χ0v) is 81.8. The number of aromatic nitrogens is 6. The molecule has 6 heterocycles. The van der Waals surface area contributed by atoms with E-state index in [0.29, 0.717) is 64.8 Å². The molecule has 0 atom stereocenters. The second kappa shape index (κ2) is 42.2. The van der Waals surface area contributed by atoms with Gasteiger partial charge in [-0.2, -0.15) is 0 Å². The molecule has 3 aliphatic rings. The normalized spacial score (nSPS) is 13.6. The predicted octanol–water partition coefficient (Wildman–Crippen LogP) is 27.9. The lowest BCUT2D eigenvalue weighted by Crippen LogP contribution is -2.28. The minimum atomic E-state index is -0.557. The zero-order chi connectivity index (χ0) is 92.8. The summed E-state index contributed by atoms with van der Waals surface area (Å²) in [5.41, 5.74) is 12.9. The van der Waals surface area contributed by atoms with E-state index in [1.807, 2.05) is 60.7 Å². The van der Waals surface area contributed by atoms with Gasteiger partial charge in [-0.05, 0) is 242 Å². The number of anilines is 6. The summed E-state index contributed by atoms with van der Waals surface area (Å²) in [5, 5.41) is 23.6. The van der Waals surface area contributed by atoms with E-state index in [2.05, 4.69) is 303 Å². The Morgan fingerprint density at radius 1 is 0.299 bits per heavy atom. The van der Waals surface area contributed by atoms with Crippen LogP contribution in [0.25, 0.3) is 65.4 Å². The van der Waals surface area contributed by atoms with Crippen LogP contribution < -0.4 is 31.9 Å². The zero-order valence-electron chi connectivity index (χ0n) is 77.1. The predicted molar refractivity (Wildman–Crippen MR) is 528 cm³/mol. The van der Waals surface area contributed by atoms with Gasteiger partial charge in [0.25, 0.3) is 0 Å². The molecule has 6 N–H and O–H groups in total. The molecule has 3 fully saturated rings. The number of nitrogens with one attached hydrogen (secondary N) is 6. The highest BCUT2D eigenvalue weighted by Crippen LogP contribution is 2.39. The number of carbonyl (C=O) groups is 6. The molecule has 6 aromatic carbocycles. The van der Waals surface area contributed by atoms with Gasteiger partial charge in [-0.15, -0.1) is 0 Å². The fourth-order valence-electron chi connectivity index (χ4n) is 13.6. The largest absolute Gasteiger partial charge is 0.450 e. The van der Waals surface area contributed by atoms with Crippen molar-refractivity contribution in [3.8, 4) is 0 Å². The van der Waals surface area contributed by atoms with Crippen LogP contribution in [0, 0.1) is 17.8 Å². The van der Waals surface area contributed by atoms with E-state index in [-0.39, 0.29) is 68.0 Å². The van der Waals surface area contributed by atoms with Crippen molar-refractivity contribution in [3.05, 3.63) is 210 Å². The average Bonchev–Trinajstić information content (AvgIpc) is 0.808. The smallest absolute Gasteiger partial charge is 0.412 e. The number of benzene rings is 6. The minimum absolute atomic E-state index is 0.0320. The van der Waals surface area contributed by atoms with Crippen molar-refractivity contribution in [3.63, 3.8) is 0 Å². The lowest BCUT2D eigenvalue weighted by atomic mass is 9.85. The summed E-state index contributed by atoms with van der Waals surface area (Å²) in [7, 11) is 0. The monoisotopic (exact) mass is 1890 g/mol. The van der Waals surface area contributed by atoms with Crippen LogP contribution in [-0.2, 0) is 61.1 Å². The van der Waals surface area contributed by atoms with Crippen molar-refractivity contribution in [2.75, 3.05) is 51.7 Å². The van der Waals surface area contributed by atoms with E-state index in [0.717, 1.165) is 132 Å². The first kappa shape index (κ1) is 98.7. The second-order valence-electron chi connectivity index (χ2n) is 38.5. The lowest BCUT2D eigenvalue weighted by Gasteiger charge is -2.24. The Labute approximate surface area is 774 Å². The molecule has 0 spiro atoms. The number of pyridine rings is 6. The van der Waals surface area contributed by atoms with E-state index >= 15 is 0 Å². The summed E-state index contributed by atoms with van der Waals surface area (Å²) in [6, 6.07) is 52.7. The molecule has 12 aromatic rings. The lowest BCUT2D eigenvalue weighted by molar-refractivity contribution is -0.122. The van der Waals surface area contributed by atoms with Crippen LogP contribution in [0.2, 0.25) is 10.0 Å². The molecule has 6 aromatic heterocycles. The first-order valence-corrected chi connectivity index (χ1v) is 46.0. The van der Waals surface area contributed by atoms with Crippen molar-refractivity contribution in [1.29, 1.82) is 0 Å². The van der Waals surface area contributed by atoms with Crippen LogP contribution in [0.5, 0.6) is 0 Å². The summed E-state index contributed by atoms with van der Waals surface area (Å²) in [6.07, 6.45) is 7.83. The third kappa shape index (κ3) is 27.5. The number of ether oxygens (including phenoxy) is 3. The van der Waals surface area contributed by atoms with Gasteiger partial charge in [0.2, 0.25) is 17.7 Å². The van der Waals surface area contributed by atoms with Crippen LogP contribution >= 0.6 is 55.1 Å². The molecule has 0 aliphatic heterocycles. The number of hydrogen-bond acceptors (Lipinski definition) is 15. The second-order valence-corrected chi connectivity index (χ2v) is 41.0. The summed E-state index contributed by atoms with van der Waals surface area (Å²) < 4.78 is 16.1. The molecule has 15 rings (SSSR count). The van der Waals surface area contributed by atoms with Gasteiger partial charge in [0, 0.05) is 50.1 Å². The fraction of sp³-hybridized carbons (Fsp3) is 0.412. The number of fused-ring (bicyclic) bond motifs is 6.